The lowest BCUT2D eigenvalue weighted by molar-refractivity contribution is 0.305. The Morgan fingerprint density at radius 2 is 2.11 bits per heavy atom. The summed E-state index contributed by atoms with van der Waals surface area (Å²) < 4.78 is 13.1. The van der Waals surface area contributed by atoms with E-state index in [1.807, 2.05) is 41.0 Å². The fraction of sp³-hybridized carbons (Fsp3) is 0.211. The molecule has 0 saturated heterocycles. The lowest BCUT2D eigenvalue weighted by atomic mass is 10.2. The Morgan fingerprint density at radius 3 is 2.93 bits per heavy atom. The van der Waals surface area contributed by atoms with E-state index < -0.39 is 0 Å². The molecule has 4 rings (SSSR count). The van der Waals surface area contributed by atoms with Crippen LogP contribution in [-0.4, -0.2) is 19.7 Å². The standard InChI is InChI=1S/C19H18N4O2S2/c1-14-4-6-16(7-5-14)25-10-18-21-15(11-26-18)12-27-19-22-20-13-23(19)9-17-3-2-8-24-17/h2-8,11,13H,9-10,12H2,1H3. The van der Waals surface area contributed by atoms with Crippen LogP contribution in [0, 0.1) is 6.92 Å². The van der Waals surface area contributed by atoms with Crippen LogP contribution in [0.4, 0.5) is 0 Å². The van der Waals surface area contributed by atoms with Gasteiger partial charge in [0.25, 0.3) is 0 Å². The summed E-state index contributed by atoms with van der Waals surface area (Å²) in [6.07, 6.45) is 3.38. The minimum atomic E-state index is 0.479. The van der Waals surface area contributed by atoms with Crippen LogP contribution in [0.5, 0.6) is 5.75 Å². The van der Waals surface area contributed by atoms with Gasteiger partial charge < -0.3 is 13.7 Å². The van der Waals surface area contributed by atoms with Crippen molar-refractivity contribution in [2.75, 3.05) is 0 Å². The van der Waals surface area contributed by atoms with Crippen molar-refractivity contribution in [1.82, 2.24) is 19.7 Å². The molecule has 0 N–H and O–H groups in total. The zero-order chi connectivity index (χ0) is 18.5. The fourth-order valence-corrected chi connectivity index (χ4v) is 4.05. The molecule has 0 aliphatic carbocycles. The number of hydrogen-bond donors (Lipinski definition) is 0. The summed E-state index contributed by atoms with van der Waals surface area (Å²) in [5.74, 6) is 2.47. The van der Waals surface area contributed by atoms with Gasteiger partial charge in [-0.15, -0.1) is 21.5 Å². The van der Waals surface area contributed by atoms with E-state index in [4.69, 9.17) is 9.15 Å². The average molecular weight is 399 g/mol. The van der Waals surface area contributed by atoms with Gasteiger partial charge in [0, 0.05) is 11.1 Å². The molecule has 0 unspecified atom stereocenters. The largest absolute Gasteiger partial charge is 0.486 e. The number of ether oxygens (including phenoxy) is 1. The zero-order valence-electron chi connectivity index (χ0n) is 14.7. The summed E-state index contributed by atoms with van der Waals surface area (Å²) in [6.45, 7) is 3.16. The molecule has 0 amide bonds. The molecular weight excluding hydrogens is 380 g/mol. The van der Waals surface area contributed by atoms with Crippen LogP contribution >= 0.6 is 23.1 Å². The van der Waals surface area contributed by atoms with Crippen LogP contribution in [0.3, 0.4) is 0 Å². The van der Waals surface area contributed by atoms with E-state index in [-0.39, 0.29) is 0 Å². The average Bonchev–Trinajstić information content (AvgIpc) is 3.42. The summed E-state index contributed by atoms with van der Waals surface area (Å²) in [7, 11) is 0. The lowest BCUT2D eigenvalue weighted by Gasteiger charge is -2.04. The van der Waals surface area contributed by atoms with Crippen LogP contribution in [0.2, 0.25) is 0 Å². The smallest absolute Gasteiger partial charge is 0.191 e. The summed E-state index contributed by atoms with van der Waals surface area (Å²) in [4.78, 5) is 4.64. The van der Waals surface area contributed by atoms with E-state index >= 15 is 0 Å². The Hall–Kier alpha value is -2.58. The number of hydrogen-bond acceptors (Lipinski definition) is 7. The number of thioether (sulfide) groups is 1. The van der Waals surface area contributed by atoms with Crippen molar-refractivity contribution in [3.8, 4) is 5.75 Å². The fourth-order valence-electron chi connectivity index (χ4n) is 2.43. The van der Waals surface area contributed by atoms with Crippen molar-refractivity contribution >= 4 is 23.1 Å². The second-order valence-corrected chi connectivity index (χ2v) is 7.83. The first-order chi connectivity index (χ1) is 13.3. The predicted molar refractivity (Wildman–Crippen MR) is 105 cm³/mol. The second-order valence-electron chi connectivity index (χ2n) is 5.94. The predicted octanol–water partition coefficient (Wildman–Crippen LogP) is 4.56. The number of nitrogens with zero attached hydrogens (tertiary/aromatic N) is 4. The highest BCUT2D eigenvalue weighted by Gasteiger charge is 2.10. The normalized spacial score (nSPS) is 11.0. The summed E-state index contributed by atoms with van der Waals surface area (Å²) in [5.41, 5.74) is 2.23. The first-order valence-corrected chi connectivity index (χ1v) is 10.3. The molecule has 0 aliphatic heterocycles. The Labute approximate surface area is 165 Å². The first-order valence-electron chi connectivity index (χ1n) is 8.42. The van der Waals surface area contributed by atoms with E-state index in [1.165, 1.54) is 5.56 Å². The van der Waals surface area contributed by atoms with Gasteiger partial charge in [0.05, 0.1) is 18.5 Å². The van der Waals surface area contributed by atoms with Crippen molar-refractivity contribution < 1.29 is 9.15 Å². The minimum Gasteiger partial charge on any atom is -0.486 e. The van der Waals surface area contributed by atoms with Gasteiger partial charge in [-0.25, -0.2) is 4.98 Å². The molecule has 8 heteroatoms. The van der Waals surface area contributed by atoms with Gasteiger partial charge in [0.2, 0.25) is 0 Å². The van der Waals surface area contributed by atoms with Crippen molar-refractivity contribution in [2.45, 2.75) is 31.0 Å². The van der Waals surface area contributed by atoms with E-state index in [0.717, 1.165) is 33.1 Å². The molecule has 4 aromatic rings. The topological polar surface area (TPSA) is 66.0 Å². The number of benzene rings is 1. The monoisotopic (exact) mass is 398 g/mol. The lowest BCUT2D eigenvalue weighted by Crippen LogP contribution is -1.99. The van der Waals surface area contributed by atoms with Gasteiger partial charge in [0.1, 0.15) is 29.5 Å². The van der Waals surface area contributed by atoms with E-state index in [0.29, 0.717) is 13.2 Å². The summed E-state index contributed by atoms with van der Waals surface area (Å²) in [6, 6.07) is 11.9. The third-order valence-corrected chi connectivity index (χ3v) is 5.70. The molecule has 0 spiro atoms. The summed E-state index contributed by atoms with van der Waals surface area (Å²) in [5, 5.41) is 12.1. The molecule has 0 radical (unpaired) electrons. The van der Waals surface area contributed by atoms with Crippen LogP contribution in [0.1, 0.15) is 22.0 Å². The number of furan rings is 1. The molecule has 138 valence electrons. The Kier molecular flexibility index (Phi) is 5.55. The van der Waals surface area contributed by atoms with Crippen LogP contribution < -0.4 is 4.74 Å². The van der Waals surface area contributed by atoms with Crippen molar-refractivity contribution in [3.63, 3.8) is 0 Å². The maximum Gasteiger partial charge on any atom is 0.191 e. The van der Waals surface area contributed by atoms with Crippen molar-refractivity contribution in [2.24, 2.45) is 0 Å². The first kappa shape index (κ1) is 17.8. The highest BCUT2D eigenvalue weighted by molar-refractivity contribution is 7.98. The molecule has 0 fully saturated rings. The number of thiazole rings is 1. The summed E-state index contributed by atoms with van der Waals surface area (Å²) >= 11 is 3.22. The van der Waals surface area contributed by atoms with Gasteiger partial charge in [-0.05, 0) is 31.2 Å². The highest BCUT2D eigenvalue weighted by atomic mass is 32.2. The van der Waals surface area contributed by atoms with E-state index in [2.05, 4.69) is 27.5 Å². The van der Waals surface area contributed by atoms with Crippen LogP contribution in [-0.2, 0) is 18.9 Å². The van der Waals surface area contributed by atoms with Gasteiger partial charge in [-0.2, -0.15) is 0 Å². The highest BCUT2D eigenvalue weighted by Crippen LogP contribution is 2.23. The molecule has 6 nitrogen and oxygen atoms in total. The third-order valence-electron chi connectivity index (χ3n) is 3.82. The van der Waals surface area contributed by atoms with Gasteiger partial charge in [-0.3, -0.25) is 0 Å². The zero-order valence-corrected chi connectivity index (χ0v) is 16.4. The molecule has 0 aliphatic rings. The SMILES string of the molecule is Cc1ccc(OCc2nc(CSc3nncn3Cc3ccco3)cs2)cc1. The molecular formula is C19H18N4O2S2. The third kappa shape index (κ3) is 4.78. The Morgan fingerprint density at radius 1 is 1.22 bits per heavy atom. The van der Waals surface area contributed by atoms with E-state index in [1.54, 1.807) is 35.7 Å². The van der Waals surface area contributed by atoms with Crippen LogP contribution in [0.15, 0.2) is 63.9 Å². The number of aromatic nitrogens is 4. The Balaban J connectivity index is 1.31. The molecule has 3 aromatic heterocycles. The molecule has 3 heterocycles. The number of aryl methyl sites for hydroxylation is 1. The van der Waals surface area contributed by atoms with Crippen LogP contribution in [0.25, 0.3) is 0 Å². The van der Waals surface area contributed by atoms with Gasteiger partial charge in [0.15, 0.2) is 5.16 Å². The minimum absolute atomic E-state index is 0.479. The van der Waals surface area contributed by atoms with Crippen molar-refractivity contribution in [3.05, 3.63) is 76.4 Å². The van der Waals surface area contributed by atoms with Gasteiger partial charge in [-0.1, -0.05) is 29.5 Å². The van der Waals surface area contributed by atoms with E-state index in [9.17, 15) is 0 Å². The number of rotatable bonds is 8. The maximum absolute atomic E-state index is 5.79. The molecule has 0 bridgehead atoms. The van der Waals surface area contributed by atoms with Gasteiger partial charge >= 0.3 is 0 Å². The molecule has 0 atom stereocenters. The maximum atomic E-state index is 5.79. The van der Waals surface area contributed by atoms with Crippen molar-refractivity contribution in [1.29, 1.82) is 0 Å². The quantitative estimate of drug-likeness (QED) is 0.406. The Bertz CT molecular complexity index is 978. The molecule has 1 aromatic carbocycles. The second kappa shape index (κ2) is 8.41. The molecule has 0 saturated carbocycles. The molecule has 27 heavy (non-hydrogen) atoms.